The van der Waals surface area contributed by atoms with Crippen LogP contribution >= 0.6 is 0 Å². The first-order valence-electron chi connectivity index (χ1n) is 3.66. The predicted octanol–water partition coefficient (Wildman–Crippen LogP) is 0.611. The molecule has 1 aromatic carbocycles. The van der Waals surface area contributed by atoms with Gasteiger partial charge in [0.15, 0.2) is 0 Å². The van der Waals surface area contributed by atoms with Crippen molar-refractivity contribution < 1.29 is 0 Å². The minimum Gasteiger partial charge on any atom is -0.384 e. The fourth-order valence-corrected chi connectivity index (χ4v) is 1.18. The molecule has 1 heterocycles. The third-order valence-electron chi connectivity index (χ3n) is 1.77. The molecule has 0 saturated carbocycles. The highest BCUT2D eigenvalue weighted by atomic mass is 14.8. The molecule has 0 fully saturated rings. The molecule has 0 unspecified atom stereocenters. The maximum absolute atomic E-state index is 5.61. The number of rotatable bonds is 0. The molecule has 2 N–H and O–H groups in total. The molecule has 2 nitrogen and oxygen atoms in total. The Balaban J connectivity index is 2.80. The lowest BCUT2D eigenvalue weighted by atomic mass is 9.94. The summed E-state index contributed by atoms with van der Waals surface area (Å²) in [5.41, 5.74) is 6.27. The molecule has 2 aromatic rings. The van der Waals surface area contributed by atoms with Gasteiger partial charge in [0.1, 0.15) is 13.7 Å². The van der Waals surface area contributed by atoms with Crippen molar-refractivity contribution in [1.29, 1.82) is 0 Å². The summed E-state index contributed by atoms with van der Waals surface area (Å²) < 4.78 is 0. The zero-order chi connectivity index (χ0) is 8.55. The van der Waals surface area contributed by atoms with Crippen molar-refractivity contribution in [2.75, 3.05) is 5.73 Å². The van der Waals surface area contributed by atoms with E-state index in [1.54, 1.807) is 6.20 Å². The zero-order valence-corrected chi connectivity index (χ0v) is 6.49. The van der Waals surface area contributed by atoms with Crippen molar-refractivity contribution in [3.63, 3.8) is 0 Å². The molecule has 0 atom stereocenters. The Labute approximate surface area is 71.8 Å². The lowest BCUT2D eigenvalue weighted by Gasteiger charge is -1.99. The number of benzene rings is 1. The summed E-state index contributed by atoms with van der Waals surface area (Å²) in [7, 11) is 5.61. The van der Waals surface area contributed by atoms with Gasteiger partial charge in [-0.25, -0.2) is 4.98 Å². The van der Waals surface area contributed by atoms with Crippen LogP contribution in [0.4, 0.5) is 5.82 Å². The fourth-order valence-electron chi connectivity index (χ4n) is 1.18. The van der Waals surface area contributed by atoms with Gasteiger partial charge in [0.2, 0.25) is 0 Å². The van der Waals surface area contributed by atoms with Crippen LogP contribution in [0.2, 0.25) is 0 Å². The molecule has 0 aliphatic rings. The number of nitrogens with two attached hydrogens (primary N) is 1. The second-order valence-electron chi connectivity index (χ2n) is 2.72. The Kier molecular flexibility index (Phi) is 1.50. The van der Waals surface area contributed by atoms with E-state index in [-0.39, 0.29) is 0 Å². The van der Waals surface area contributed by atoms with Crippen LogP contribution in [-0.4, -0.2) is 12.8 Å². The predicted molar refractivity (Wildman–Crippen MR) is 51.5 cm³/mol. The minimum atomic E-state index is 0.521. The van der Waals surface area contributed by atoms with E-state index in [4.69, 9.17) is 13.6 Å². The number of hydrogen-bond donors (Lipinski definition) is 1. The van der Waals surface area contributed by atoms with Crippen molar-refractivity contribution in [3.8, 4) is 0 Å². The molecule has 0 bridgehead atoms. The summed E-state index contributed by atoms with van der Waals surface area (Å²) >= 11 is 0. The number of nitrogens with zero attached hydrogens (tertiary/aromatic N) is 1. The number of anilines is 1. The van der Waals surface area contributed by atoms with Crippen LogP contribution in [0.25, 0.3) is 10.8 Å². The molecule has 0 aliphatic carbocycles. The first-order chi connectivity index (χ1) is 5.75. The molecule has 1 aromatic heterocycles. The normalized spacial score (nSPS) is 10.3. The smallest absolute Gasteiger partial charge is 0.123 e. The topological polar surface area (TPSA) is 38.9 Å². The molecule has 2 radical (unpaired) electrons. The minimum absolute atomic E-state index is 0.521. The second kappa shape index (κ2) is 2.52. The van der Waals surface area contributed by atoms with Gasteiger partial charge in [-0.05, 0) is 11.5 Å². The third kappa shape index (κ3) is 1.14. The van der Waals surface area contributed by atoms with Gasteiger partial charge in [0.25, 0.3) is 0 Å². The summed E-state index contributed by atoms with van der Waals surface area (Å²) in [5.74, 6) is 0.521. The van der Waals surface area contributed by atoms with E-state index >= 15 is 0 Å². The summed E-state index contributed by atoms with van der Waals surface area (Å²) in [4.78, 5) is 3.97. The van der Waals surface area contributed by atoms with E-state index in [2.05, 4.69) is 4.98 Å². The lowest BCUT2D eigenvalue weighted by Crippen LogP contribution is -2.00. The molecule has 56 valence electrons. The highest BCUT2D eigenvalue weighted by Gasteiger charge is 1.93. The van der Waals surface area contributed by atoms with Gasteiger partial charge in [-0.2, -0.15) is 0 Å². The van der Waals surface area contributed by atoms with Gasteiger partial charge in [0.05, 0.1) is 0 Å². The lowest BCUT2D eigenvalue weighted by molar-refractivity contribution is 1.37. The van der Waals surface area contributed by atoms with Crippen LogP contribution in [0.15, 0.2) is 30.5 Å². The van der Waals surface area contributed by atoms with Crippen molar-refractivity contribution in [2.24, 2.45) is 0 Å². The molecular formula is C9H7BN2. The Morgan fingerprint density at radius 3 is 2.83 bits per heavy atom. The molecule has 0 amide bonds. The highest BCUT2D eigenvalue weighted by Crippen LogP contribution is 2.12. The van der Waals surface area contributed by atoms with Crippen molar-refractivity contribution >= 4 is 29.9 Å². The molecule has 3 heteroatoms. The summed E-state index contributed by atoms with van der Waals surface area (Å²) in [6, 6.07) is 7.47. The van der Waals surface area contributed by atoms with Gasteiger partial charge in [-0.3, -0.25) is 0 Å². The average Bonchev–Trinajstić information content (AvgIpc) is 2.03. The molecule has 2 rings (SSSR count). The first kappa shape index (κ1) is 7.16. The van der Waals surface area contributed by atoms with E-state index in [0.717, 1.165) is 16.2 Å². The van der Waals surface area contributed by atoms with E-state index in [1.165, 1.54) is 0 Å². The number of aromatic nitrogens is 1. The standard InChI is InChI=1S/C9H7BN2/c10-8-2-1-6-5-12-9(11)4-7(6)3-8/h1-5H,(H2,11,12). The molecule has 12 heavy (non-hydrogen) atoms. The highest BCUT2D eigenvalue weighted by molar-refractivity contribution is 6.33. The fraction of sp³-hybridized carbons (Fsp3) is 0. The number of fused-ring (bicyclic) bond motifs is 1. The Bertz CT molecular complexity index is 389. The molecule has 0 spiro atoms. The van der Waals surface area contributed by atoms with Crippen LogP contribution in [0.1, 0.15) is 0 Å². The van der Waals surface area contributed by atoms with Crippen LogP contribution in [-0.2, 0) is 0 Å². The van der Waals surface area contributed by atoms with Gasteiger partial charge >= 0.3 is 0 Å². The summed E-state index contributed by atoms with van der Waals surface area (Å²) in [6.45, 7) is 0. The third-order valence-corrected chi connectivity index (χ3v) is 1.77. The quantitative estimate of drug-likeness (QED) is 0.564. The Morgan fingerprint density at radius 1 is 1.17 bits per heavy atom. The summed E-state index contributed by atoms with van der Waals surface area (Å²) in [6.07, 6.45) is 1.74. The van der Waals surface area contributed by atoms with E-state index in [9.17, 15) is 0 Å². The Hall–Kier alpha value is -1.51. The monoisotopic (exact) mass is 154 g/mol. The van der Waals surface area contributed by atoms with Crippen molar-refractivity contribution in [3.05, 3.63) is 30.5 Å². The van der Waals surface area contributed by atoms with E-state index in [1.807, 2.05) is 24.3 Å². The van der Waals surface area contributed by atoms with Gasteiger partial charge < -0.3 is 5.73 Å². The van der Waals surface area contributed by atoms with Crippen LogP contribution < -0.4 is 11.2 Å². The van der Waals surface area contributed by atoms with Crippen LogP contribution in [0.5, 0.6) is 0 Å². The second-order valence-corrected chi connectivity index (χ2v) is 2.72. The van der Waals surface area contributed by atoms with Gasteiger partial charge in [-0.15, -0.1) is 0 Å². The number of nitrogen functional groups attached to an aromatic ring is 1. The van der Waals surface area contributed by atoms with Crippen LogP contribution in [0.3, 0.4) is 0 Å². The zero-order valence-electron chi connectivity index (χ0n) is 6.49. The molecule has 0 aliphatic heterocycles. The number of pyridine rings is 1. The number of hydrogen-bond acceptors (Lipinski definition) is 2. The van der Waals surface area contributed by atoms with Gasteiger partial charge in [0, 0.05) is 11.6 Å². The summed E-state index contributed by atoms with van der Waals surface area (Å²) in [5, 5.41) is 2.08. The van der Waals surface area contributed by atoms with Gasteiger partial charge in [-0.1, -0.05) is 23.7 Å². The largest absolute Gasteiger partial charge is 0.384 e. The SMILES string of the molecule is [B]c1ccc2cnc(N)cc2c1. The van der Waals surface area contributed by atoms with Crippen molar-refractivity contribution in [1.82, 2.24) is 4.98 Å². The Morgan fingerprint density at radius 2 is 2.00 bits per heavy atom. The average molecular weight is 154 g/mol. The van der Waals surface area contributed by atoms with E-state index < -0.39 is 0 Å². The van der Waals surface area contributed by atoms with Crippen molar-refractivity contribution in [2.45, 2.75) is 0 Å². The van der Waals surface area contributed by atoms with E-state index in [0.29, 0.717) is 5.82 Å². The van der Waals surface area contributed by atoms with Crippen LogP contribution in [0, 0.1) is 0 Å². The maximum Gasteiger partial charge on any atom is 0.123 e. The first-order valence-corrected chi connectivity index (χ1v) is 3.66. The molecule has 0 saturated heterocycles. The molecular weight excluding hydrogens is 147 g/mol. The maximum atomic E-state index is 5.61.